The second kappa shape index (κ2) is 7.38. The SMILES string of the molecule is COC(=O)c1cn(C/C=C/[C@H]2NCCC[C@@H]2O)c2cccc(Cl)c12. The molecule has 1 fully saturated rings. The number of nitrogens with one attached hydrogen (secondary N) is 1. The quantitative estimate of drug-likeness (QED) is 0.658. The minimum atomic E-state index is -0.403. The van der Waals surface area contributed by atoms with Gasteiger partial charge in [0.15, 0.2) is 0 Å². The van der Waals surface area contributed by atoms with Gasteiger partial charge in [0.25, 0.3) is 0 Å². The molecule has 3 rings (SSSR count). The maximum Gasteiger partial charge on any atom is 0.340 e. The summed E-state index contributed by atoms with van der Waals surface area (Å²) in [5.74, 6) is -0.403. The summed E-state index contributed by atoms with van der Waals surface area (Å²) in [6.07, 6.45) is 7.20. The van der Waals surface area contributed by atoms with Crippen LogP contribution in [-0.4, -0.2) is 41.4 Å². The van der Waals surface area contributed by atoms with E-state index in [2.05, 4.69) is 5.32 Å². The van der Waals surface area contributed by atoms with Crippen molar-refractivity contribution in [1.29, 1.82) is 0 Å². The molecular formula is C18H21ClN2O3. The molecule has 0 spiro atoms. The number of hydrogen-bond acceptors (Lipinski definition) is 4. The van der Waals surface area contributed by atoms with Gasteiger partial charge in [-0.1, -0.05) is 29.8 Å². The van der Waals surface area contributed by atoms with Crippen LogP contribution in [0.1, 0.15) is 23.2 Å². The van der Waals surface area contributed by atoms with Crippen LogP contribution in [0.3, 0.4) is 0 Å². The van der Waals surface area contributed by atoms with Gasteiger partial charge in [-0.3, -0.25) is 0 Å². The van der Waals surface area contributed by atoms with E-state index in [0.717, 1.165) is 24.9 Å². The Balaban J connectivity index is 1.87. The summed E-state index contributed by atoms with van der Waals surface area (Å²) in [6, 6.07) is 5.52. The number of methoxy groups -OCH3 is 1. The Hall–Kier alpha value is -1.82. The van der Waals surface area contributed by atoms with Crippen LogP contribution in [0.25, 0.3) is 10.9 Å². The number of allylic oxidation sites excluding steroid dienone is 1. The summed E-state index contributed by atoms with van der Waals surface area (Å²) in [4.78, 5) is 12.0. The molecule has 0 aliphatic carbocycles. The van der Waals surface area contributed by atoms with E-state index in [1.54, 1.807) is 12.3 Å². The fourth-order valence-electron chi connectivity index (χ4n) is 3.14. The fraction of sp³-hybridized carbons (Fsp3) is 0.389. The van der Waals surface area contributed by atoms with Crippen molar-refractivity contribution in [2.75, 3.05) is 13.7 Å². The molecule has 2 atom stereocenters. The molecule has 0 radical (unpaired) electrons. The molecule has 1 saturated heterocycles. The van der Waals surface area contributed by atoms with Crippen molar-refractivity contribution >= 4 is 28.5 Å². The van der Waals surface area contributed by atoms with E-state index in [4.69, 9.17) is 16.3 Å². The van der Waals surface area contributed by atoms with Gasteiger partial charge in [-0.2, -0.15) is 0 Å². The Morgan fingerprint density at radius 2 is 2.38 bits per heavy atom. The van der Waals surface area contributed by atoms with Gasteiger partial charge in [0.2, 0.25) is 0 Å². The number of aliphatic hydroxyl groups is 1. The Morgan fingerprint density at radius 1 is 1.54 bits per heavy atom. The first-order valence-corrected chi connectivity index (χ1v) is 8.43. The molecule has 1 aromatic carbocycles. The number of halogens is 1. The number of ether oxygens (including phenoxy) is 1. The third kappa shape index (κ3) is 3.34. The standard InChI is InChI=1S/C18H21ClN2O3/c1-24-18(23)12-11-21(15-7-2-5-13(19)17(12)15)10-4-6-14-16(22)8-3-9-20-14/h2,4-7,11,14,16,20,22H,3,8-10H2,1H3/b6-4+/t14-,16+/m1/s1. The van der Waals surface area contributed by atoms with Crippen LogP contribution in [0.2, 0.25) is 5.02 Å². The van der Waals surface area contributed by atoms with Crippen LogP contribution >= 0.6 is 11.6 Å². The minimum absolute atomic E-state index is 0.0239. The molecule has 0 bridgehead atoms. The molecule has 2 heterocycles. The predicted molar refractivity (Wildman–Crippen MR) is 94.5 cm³/mol. The topological polar surface area (TPSA) is 63.5 Å². The molecule has 1 aromatic heterocycles. The van der Waals surface area contributed by atoms with Crippen molar-refractivity contribution in [2.45, 2.75) is 31.5 Å². The van der Waals surface area contributed by atoms with Gasteiger partial charge < -0.3 is 19.7 Å². The van der Waals surface area contributed by atoms with Crippen LogP contribution in [-0.2, 0) is 11.3 Å². The highest BCUT2D eigenvalue weighted by atomic mass is 35.5. The lowest BCUT2D eigenvalue weighted by Gasteiger charge is -2.26. The number of aromatic nitrogens is 1. The molecule has 5 nitrogen and oxygen atoms in total. The number of rotatable bonds is 4. The Bertz CT molecular complexity index is 769. The number of carbonyl (C=O) groups excluding carboxylic acids is 1. The molecule has 0 amide bonds. The van der Waals surface area contributed by atoms with Crippen molar-refractivity contribution in [1.82, 2.24) is 9.88 Å². The second-order valence-electron chi connectivity index (χ2n) is 5.94. The summed E-state index contributed by atoms with van der Waals surface area (Å²) >= 11 is 6.27. The van der Waals surface area contributed by atoms with Crippen molar-refractivity contribution < 1.29 is 14.6 Å². The molecule has 128 valence electrons. The molecular weight excluding hydrogens is 328 g/mol. The Kier molecular flexibility index (Phi) is 5.23. The zero-order valence-corrected chi connectivity index (χ0v) is 14.3. The van der Waals surface area contributed by atoms with E-state index in [9.17, 15) is 9.90 Å². The van der Waals surface area contributed by atoms with Crippen LogP contribution in [0, 0.1) is 0 Å². The molecule has 2 aromatic rings. The van der Waals surface area contributed by atoms with E-state index < -0.39 is 5.97 Å². The molecule has 1 aliphatic heterocycles. The van der Waals surface area contributed by atoms with Gasteiger partial charge in [0, 0.05) is 18.1 Å². The summed E-state index contributed by atoms with van der Waals surface area (Å²) in [6.45, 7) is 1.50. The number of benzene rings is 1. The van der Waals surface area contributed by atoms with E-state index in [1.807, 2.05) is 28.9 Å². The minimum Gasteiger partial charge on any atom is -0.465 e. The fourth-order valence-corrected chi connectivity index (χ4v) is 3.41. The van der Waals surface area contributed by atoms with Crippen molar-refractivity contribution in [3.8, 4) is 0 Å². The van der Waals surface area contributed by atoms with Gasteiger partial charge in [-0.05, 0) is 31.5 Å². The van der Waals surface area contributed by atoms with Crippen LogP contribution in [0.5, 0.6) is 0 Å². The van der Waals surface area contributed by atoms with Crippen LogP contribution < -0.4 is 5.32 Å². The highest BCUT2D eigenvalue weighted by molar-refractivity contribution is 6.36. The van der Waals surface area contributed by atoms with Crippen LogP contribution in [0.15, 0.2) is 36.5 Å². The first-order chi connectivity index (χ1) is 11.6. The third-order valence-corrected chi connectivity index (χ3v) is 4.69. The monoisotopic (exact) mass is 348 g/mol. The molecule has 24 heavy (non-hydrogen) atoms. The maximum atomic E-state index is 12.0. The van der Waals surface area contributed by atoms with Gasteiger partial charge in [0.1, 0.15) is 0 Å². The average molecular weight is 349 g/mol. The number of esters is 1. The lowest BCUT2D eigenvalue weighted by molar-refractivity contribution is 0.0602. The van der Waals surface area contributed by atoms with Gasteiger partial charge in [-0.25, -0.2) is 4.79 Å². The smallest absolute Gasteiger partial charge is 0.340 e. The number of fused-ring (bicyclic) bond motifs is 1. The molecule has 0 unspecified atom stereocenters. The average Bonchev–Trinajstić information content (AvgIpc) is 2.96. The van der Waals surface area contributed by atoms with Crippen molar-refractivity contribution in [2.24, 2.45) is 0 Å². The Morgan fingerprint density at radius 3 is 3.12 bits per heavy atom. The number of nitrogens with zero attached hydrogens (tertiary/aromatic N) is 1. The maximum absolute atomic E-state index is 12.0. The van der Waals surface area contributed by atoms with Gasteiger partial charge in [0.05, 0.1) is 35.4 Å². The lowest BCUT2D eigenvalue weighted by Crippen LogP contribution is -2.43. The zero-order chi connectivity index (χ0) is 17.1. The van der Waals surface area contributed by atoms with E-state index in [0.29, 0.717) is 22.5 Å². The largest absolute Gasteiger partial charge is 0.465 e. The summed E-state index contributed by atoms with van der Waals surface area (Å²) in [5.41, 5.74) is 1.34. The summed E-state index contributed by atoms with van der Waals surface area (Å²) in [5, 5.41) is 14.5. The number of aliphatic hydroxyl groups excluding tert-OH is 1. The van der Waals surface area contributed by atoms with Gasteiger partial charge in [-0.15, -0.1) is 0 Å². The van der Waals surface area contributed by atoms with Crippen molar-refractivity contribution in [3.05, 3.63) is 47.1 Å². The normalized spacial score (nSPS) is 21.5. The second-order valence-corrected chi connectivity index (χ2v) is 6.35. The third-order valence-electron chi connectivity index (χ3n) is 4.38. The number of hydrogen-bond donors (Lipinski definition) is 2. The molecule has 0 saturated carbocycles. The van der Waals surface area contributed by atoms with Crippen LogP contribution in [0.4, 0.5) is 0 Å². The first kappa shape index (κ1) is 17.0. The summed E-state index contributed by atoms with van der Waals surface area (Å²) in [7, 11) is 1.36. The molecule has 1 aliphatic rings. The Labute approximate surface area is 145 Å². The van der Waals surface area contributed by atoms with Gasteiger partial charge >= 0.3 is 5.97 Å². The number of piperidine rings is 1. The highest BCUT2D eigenvalue weighted by Crippen LogP contribution is 2.29. The van der Waals surface area contributed by atoms with E-state index >= 15 is 0 Å². The highest BCUT2D eigenvalue weighted by Gasteiger charge is 2.20. The number of carbonyl (C=O) groups is 1. The molecule has 6 heteroatoms. The van der Waals surface area contributed by atoms with E-state index in [1.165, 1.54) is 7.11 Å². The molecule has 2 N–H and O–H groups in total. The van der Waals surface area contributed by atoms with Crippen molar-refractivity contribution in [3.63, 3.8) is 0 Å². The predicted octanol–water partition coefficient (Wildman–Crippen LogP) is 2.75. The first-order valence-electron chi connectivity index (χ1n) is 8.05. The van der Waals surface area contributed by atoms with E-state index in [-0.39, 0.29) is 12.1 Å². The zero-order valence-electron chi connectivity index (χ0n) is 13.5. The summed E-state index contributed by atoms with van der Waals surface area (Å²) < 4.78 is 6.81. The lowest BCUT2D eigenvalue weighted by atomic mass is 10.0.